The number of aliphatic carboxylic acids is 1. The lowest BCUT2D eigenvalue weighted by Gasteiger charge is -2.30. The number of para-hydroxylation sites is 1. The van der Waals surface area contributed by atoms with E-state index in [2.05, 4.69) is 21.2 Å². The maximum absolute atomic E-state index is 14.0. The SMILES string of the molecule is CCc1cccc(CC)c1N1C(=O)C2C(c3cc(Br)c(OC)c(OC)c3)NC(CO)(C(=O)O)C2C1=O. The number of hydrogen-bond acceptors (Lipinski definition) is 7. The fourth-order valence-corrected chi connectivity index (χ4v) is 6.16. The number of anilines is 1. The van der Waals surface area contributed by atoms with Crippen LogP contribution in [0.15, 0.2) is 34.8 Å². The normalized spacial score (nSPS) is 25.3. The van der Waals surface area contributed by atoms with Gasteiger partial charge in [-0.15, -0.1) is 0 Å². The molecule has 0 spiro atoms. The number of aliphatic hydroxyl groups is 1. The molecule has 2 aromatic carbocycles. The van der Waals surface area contributed by atoms with Gasteiger partial charge in [0.1, 0.15) is 0 Å². The molecule has 2 aliphatic heterocycles. The molecular weight excluding hydrogens is 532 g/mol. The predicted octanol–water partition coefficient (Wildman–Crippen LogP) is 2.86. The lowest BCUT2D eigenvalue weighted by Crippen LogP contribution is -2.58. The zero-order chi connectivity index (χ0) is 26.4. The minimum atomic E-state index is -2.04. The molecule has 9 nitrogen and oxygen atoms in total. The van der Waals surface area contributed by atoms with Crippen LogP contribution in [0.1, 0.15) is 36.6 Å². The van der Waals surface area contributed by atoms with Gasteiger partial charge < -0.3 is 19.7 Å². The molecule has 4 atom stereocenters. The highest BCUT2D eigenvalue weighted by Gasteiger charge is 2.69. The van der Waals surface area contributed by atoms with Crippen LogP contribution >= 0.6 is 15.9 Å². The van der Waals surface area contributed by atoms with Crippen LogP contribution in [-0.4, -0.2) is 54.4 Å². The molecule has 10 heteroatoms. The minimum Gasteiger partial charge on any atom is -0.493 e. The molecule has 4 unspecified atom stereocenters. The van der Waals surface area contributed by atoms with Crippen LogP contribution in [0.2, 0.25) is 0 Å². The number of carboxylic acid groups (broad SMARTS) is 1. The van der Waals surface area contributed by atoms with Gasteiger partial charge in [-0.1, -0.05) is 32.0 Å². The van der Waals surface area contributed by atoms with Crippen molar-refractivity contribution in [3.8, 4) is 11.5 Å². The van der Waals surface area contributed by atoms with Crippen molar-refractivity contribution in [2.45, 2.75) is 38.3 Å². The summed E-state index contributed by atoms with van der Waals surface area (Å²) < 4.78 is 11.4. The Morgan fingerprint density at radius 2 is 1.75 bits per heavy atom. The van der Waals surface area contributed by atoms with E-state index in [0.717, 1.165) is 16.0 Å². The van der Waals surface area contributed by atoms with Crippen LogP contribution in [-0.2, 0) is 27.2 Å². The number of nitrogens with one attached hydrogen (secondary N) is 1. The van der Waals surface area contributed by atoms with E-state index < -0.39 is 47.8 Å². The number of fused-ring (bicyclic) bond motifs is 1. The second kappa shape index (κ2) is 9.84. The molecule has 0 radical (unpaired) electrons. The number of hydrogen-bond donors (Lipinski definition) is 3. The summed E-state index contributed by atoms with van der Waals surface area (Å²) in [6.07, 6.45) is 1.17. The summed E-state index contributed by atoms with van der Waals surface area (Å²) in [4.78, 5) is 41.6. The number of amides is 2. The van der Waals surface area contributed by atoms with E-state index in [1.165, 1.54) is 14.2 Å². The molecule has 2 saturated heterocycles. The maximum atomic E-state index is 14.0. The summed E-state index contributed by atoms with van der Waals surface area (Å²) in [6.45, 7) is 3.01. The second-order valence-corrected chi connectivity index (χ2v) is 9.80. The van der Waals surface area contributed by atoms with Crippen LogP contribution < -0.4 is 19.7 Å². The third-order valence-corrected chi connectivity index (χ3v) is 7.88. The maximum Gasteiger partial charge on any atom is 0.327 e. The van der Waals surface area contributed by atoms with E-state index in [-0.39, 0.29) is 0 Å². The Bertz CT molecular complexity index is 1210. The highest BCUT2D eigenvalue weighted by molar-refractivity contribution is 9.10. The van der Waals surface area contributed by atoms with Gasteiger partial charge in [0.2, 0.25) is 11.8 Å². The number of methoxy groups -OCH3 is 2. The highest BCUT2D eigenvalue weighted by atomic mass is 79.9. The van der Waals surface area contributed by atoms with Crippen molar-refractivity contribution in [3.05, 3.63) is 51.5 Å². The van der Waals surface area contributed by atoms with E-state index >= 15 is 0 Å². The van der Waals surface area contributed by atoms with Crippen LogP contribution in [0, 0.1) is 11.8 Å². The Kier molecular flexibility index (Phi) is 7.14. The van der Waals surface area contributed by atoms with E-state index in [1.807, 2.05) is 32.0 Å². The third kappa shape index (κ3) is 3.70. The number of aliphatic hydroxyl groups excluding tert-OH is 1. The fraction of sp³-hybridized carbons (Fsp3) is 0.423. The first-order chi connectivity index (χ1) is 17.2. The number of imide groups is 1. The lowest BCUT2D eigenvalue weighted by atomic mass is 9.79. The van der Waals surface area contributed by atoms with Crippen molar-refractivity contribution in [2.75, 3.05) is 25.7 Å². The molecule has 0 bridgehead atoms. The van der Waals surface area contributed by atoms with Gasteiger partial charge in [0, 0.05) is 6.04 Å². The number of carbonyl (C=O) groups is 3. The van der Waals surface area contributed by atoms with Crippen molar-refractivity contribution in [1.82, 2.24) is 5.32 Å². The zero-order valence-corrected chi connectivity index (χ0v) is 22.1. The van der Waals surface area contributed by atoms with Crippen LogP contribution in [0.25, 0.3) is 0 Å². The molecule has 2 heterocycles. The number of rotatable bonds is 8. The molecule has 0 aliphatic carbocycles. The van der Waals surface area contributed by atoms with Crippen LogP contribution in [0.4, 0.5) is 5.69 Å². The first kappa shape index (κ1) is 26.1. The Hall–Kier alpha value is -2.95. The molecule has 4 rings (SSSR count). The van der Waals surface area contributed by atoms with Gasteiger partial charge in [0.15, 0.2) is 17.0 Å². The summed E-state index contributed by atoms with van der Waals surface area (Å²) in [5.41, 5.74) is 0.632. The van der Waals surface area contributed by atoms with E-state index in [0.29, 0.717) is 40.1 Å². The van der Waals surface area contributed by atoms with E-state index in [1.54, 1.807) is 12.1 Å². The summed E-state index contributed by atoms with van der Waals surface area (Å²) in [6, 6.07) is 8.07. The molecule has 2 aromatic rings. The van der Waals surface area contributed by atoms with Gasteiger partial charge >= 0.3 is 5.97 Å². The standard InChI is InChI=1S/C26H29BrN2O7/c1-5-13-8-7-9-14(6-2)21(13)29-23(31)18-19(24(29)32)26(12-30,25(33)34)28-20(18)15-10-16(27)22(36-4)17(11-15)35-3/h7-11,18-20,28,30H,5-6,12H2,1-4H3,(H,33,34). The van der Waals surface area contributed by atoms with Gasteiger partial charge in [0.25, 0.3) is 0 Å². The average Bonchev–Trinajstić information content (AvgIpc) is 3.36. The number of carboxylic acids is 1. The predicted molar refractivity (Wildman–Crippen MR) is 135 cm³/mol. The van der Waals surface area contributed by atoms with Gasteiger partial charge in [-0.05, 0) is 57.6 Å². The quantitative estimate of drug-likeness (QED) is 0.421. The average molecular weight is 561 g/mol. The largest absolute Gasteiger partial charge is 0.493 e. The molecule has 3 N–H and O–H groups in total. The number of aryl methyl sites for hydroxylation is 2. The van der Waals surface area contributed by atoms with Gasteiger partial charge in [-0.3, -0.25) is 19.7 Å². The Morgan fingerprint density at radius 3 is 2.25 bits per heavy atom. The number of ether oxygens (including phenoxy) is 2. The summed E-state index contributed by atoms with van der Waals surface area (Å²) >= 11 is 3.45. The van der Waals surface area contributed by atoms with Crippen molar-refractivity contribution < 1.29 is 34.1 Å². The molecule has 2 aliphatic rings. The van der Waals surface area contributed by atoms with Gasteiger partial charge in [-0.2, -0.15) is 0 Å². The number of benzene rings is 2. The lowest BCUT2D eigenvalue weighted by molar-refractivity contribution is -0.150. The fourth-order valence-electron chi connectivity index (χ4n) is 5.54. The summed E-state index contributed by atoms with van der Waals surface area (Å²) in [5, 5.41) is 23.5. The third-order valence-electron chi connectivity index (χ3n) is 7.29. The van der Waals surface area contributed by atoms with Crippen molar-refractivity contribution in [1.29, 1.82) is 0 Å². The number of nitrogens with zero attached hydrogens (tertiary/aromatic N) is 1. The van der Waals surface area contributed by atoms with Gasteiger partial charge in [-0.25, -0.2) is 4.90 Å². The van der Waals surface area contributed by atoms with Crippen LogP contribution in [0.5, 0.6) is 11.5 Å². The minimum absolute atomic E-state index is 0.371. The Labute approximate surface area is 217 Å². The van der Waals surface area contributed by atoms with Crippen molar-refractivity contribution in [3.63, 3.8) is 0 Å². The van der Waals surface area contributed by atoms with E-state index in [9.17, 15) is 24.6 Å². The zero-order valence-electron chi connectivity index (χ0n) is 20.5. The Balaban J connectivity index is 1.92. The summed E-state index contributed by atoms with van der Waals surface area (Å²) in [5.74, 6) is -4.09. The topological polar surface area (TPSA) is 125 Å². The highest BCUT2D eigenvalue weighted by Crippen LogP contribution is 2.52. The molecule has 0 aromatic heterocycles. The summed E-state index contributed by atoms with van der Waals surface area (Å²) in [7, 11) is 2.95. The van der Waals surface area contributed by atoms with Crippen LogP contribution in [0.3, 0.4) is 0 Å². The number of halogens is 1. The van der Waals surface area contributed by atoms with Crippen molar-refractivity contribution in [2.24, 2.45) is 11.8 Å². The first-order valence-electron chi connectivity index (χ1n) is 11.7. The molecule has 192 valence electrons. The monoisotopic (exact) mass is 560 g/mol. The first-order valence-corrected chi connectivity index (χ1v) is 12.5. The molecule has 0 saturated carbocycles. The second-order valence-electron chi connectivity index (χ2n) is 8.94. The smallest absolute Gasteiger partial charge is 0.327 e. The molecule has 2 fully saturated rings. The Morgan fingerprint density at radius 1 is 1.11 bits per heavy atom. The molecule has 2 amide bonds. The number of carbonyl (C=O) groups excluding carboxylic acids is 2. The molecular formula is C26H29BrN2O7. The van der Waals surface area contributed by atoms with E-state index in [4.69, 9.17) is 9.47 Å². The molecule has 36 heavy (non-hydrogen) atoms. The van der Waals surface area contributed by atoms with Gasteiger partial charge in [0.05, 0.1) is 42.8 Å². The van der Waals surface area contributed by atoms with Crippen molar-refractivity contribution >= 4 is 39.4 Å².